The van der Waals surface area contributed by atoms with Crippen LogP contribution in [-0.2, 0) is 21.2 Å². The standard InChI is InChI=1S/C23H34N4O4S/c1-16(2)14-19(15-24)26-23(29)20-6-4-5-7-21(20)27-22(28)18-10-8-17(9-11-18)12-13-25-32(3,30)31/h8-11,16,19-21,25H,4-7,12-14H2,1-3H3,(H,26,29)(H,27,28)/t19-,20+,21-/m0/s1. The monoisotopic (exact) mass is 462 g/mol. The molecule has 2 amide bonds. The Bertz CT molecular complexity index is 922. The molecule has 0 aromatic heterocycles. The number of hydrogen-bond donors (Lipinski definition) is 3. The molecule has 3 atom stereocenters. The van der Waals surface area contributed by atoms with Crippen LogP contribution in [0.25, 0.3) is 0 Å². The van der Waals surface area contributed by atoms with Crippen LogP contribution in [0.2, 0.25) is 0 Å². The number of hydrogen-bond acceptors (Lipinski definition) is 5. The summed E-state index contributed by atoms with van der Waals surface area (Å²) in [6, 6.07) is 8.37. The molecule has 0 aliphatic heterocycles. The van der Waals surface area contributed by atoms with E-state index in [1.54, 1.807) is 24.3 Å². The first kappa shape index (κ1) is 25.8. The molecule has 2 rings (SSSR count). The number of sulfonamides is 1. The van der Waals surface area contributed by atoms with Crippen LogP contribution in [0.1, 0.15) is 61.9 Å². The summed E-state index contributed by atoms with van der Waals surface area (Å²) in [5.74, 6) is -0.463. The number of amides is 2. The molecular weight excluding hydrogens is 428 g/mol. The molecule has 0 unspecified atom stereocenters. The molecule has 9 heteroatoms. The maximum Gasteiger partial charge on any atom is 0.251 e. The van der Waals surface area contributed by atoms with Gasteiger partial charge in [-0.05, 0) is 49.3 Å². The van der Waals surface area contributed by atoms with Crippen molar-refractivity contribution >= 4 is 21.8 Å². The average Bonchev–Trinajstić information content (AvgIpc) is 2.72. The van der Waals surface area contributed by atoms with Crippen molar-refractivity contribution in [3.63, 3.8) is 0 Å². The lowest BCUT2D eigenvalue weighted by Gasteiger charge is -2.32. The first-order chi connectivity index (χ1) is 15.1. The SMILES string of the molecule is CC(C)C[C@@H](C#N)NC(=O)[C@@H]1CCCC[C@@H]1NC(=O)c1ccc(CCNS(C)(=O)=O)cc1. The molecule has 1 saturated carbocycles. The molecule has 1 aliphatic carbocycles. The number of nitrogens with zero attached hydrogens (tertiary/aromatic N) is 1. The minimum atomic E-state index is -3.22. The van der Waals surface area contributed by atoms with Gasteiger partial charge in [0.05, 0.1) is 18.2 Å². The Kier molecular flexibility index (Phi) is 9.66. The lowest BCUT2D eigenvalue weighted by Crippen LogP contribution is -2.50. The van der Waals surface area contributed by atoms with E-state index < -0.39 is 16.1 Å². The Balaban J connectivity index is 1.96. The van der Waals surface area contributed by atoms with Gasteiger partial charge in [-0.15, -0.1) is 0 Å². The molecule has 176 valence electrons. The van der Waals surface area contributed by atoms with Gasteiger partial charge in [-0.25, -0.2) is 13.1 Å². The Hall–Kier alpha value is -2.44. The molecule has 1 aliphatic rings. The predicted molar refractivity (Wildman–Crippen MR) is 123 cm³/mol. The fourth-order valence-corrected chi connectivity index (χ4v) is 4.44. The molecule has 1 aromatic carbocycles. The fourth-order valence-electron chi connectivity index (χ4n) is 3.97. The molecule has 0 heterocycles. The van der Waals surface area contributed by atoms with Crippen molar-refractivity contribution in [2.24, 2.45) is 11.8 Å². The summed E-state index contributed by atoms with van der Waals surface area (Å²) in [5, 5.41) is 15.2. The van der Waals surface area contributed by atoms with E-state index in [1.165, 1.54) is 0 Å². The summed E-state index contributed by atoms with van der Waals surface area (Å²) in [7, 11) is -3.22. The van der Waals surface area contributed by atoms with Crippen molar-refractivity contribution in [2.75, 3.05) is 12.8 Å². The second-order valence-corrected chi connectivity index (χ2v) is 10.7. The number of rotatable bonds is 10. The molecule has 0 spiro atoms. The van der Waals surface area contributed by atoms with Gasteiger partial charge in [0.15, 0.2) is 0 Å². The summed E-state index contributed by atoms with van der Waals surface area (Å²) in [5.41, 5.74) is 1.41. The minimum absolute atomic E-state index is 0.170. The molecule has 0 bridgehead atoms. The first-order valence-electron chi connectivity index (χ1n) is 11.1. The Morgan fingerprint density at radius 1 is 1.16 bits per heavy atom. The first-order valence-corrected chi connectivity index (χ1v) is 13.0. The second kappa shape index (κ2) is 12.0. The van der Waals surface area contributed by atoms with Gasteiger partial charge >= 0.3 is 0 Å². The topological polar surface area (TPSA) is 128 Å². The maximum atomic E-state index is 12.8. The molecule has 32 heavy (non-hydrogen) atoms. The lowest BCUT2D eigenvalue weighted by atomic mass is 9.83. The summed E-state index contributed by atoms with van der Waals surface area (Å²) < 4.78 is 24.7. The number of nitrogens with one attached hydrogen (secondary N) is 3. The Morgan fingerprint density at radius 2 is 1.81 bits per heavy atom. The van der Waals surface area contributed by atoms with E-state index >= 15 is 0 Å². The molecule has 8 nitrogen and oxygen atoms in total. The van der Waals surface area contributed by atoms with E-state index in [0.717, 1.165) is 31.1 Å². The van der Waals surface area contributed by atoms with Gasteiger partial charge < -0.3 is 10.6 Å². The molecule has 3 N–H and O–H groups in total. The zero-order chi connectivity index (χ0) is 23.7. The van der Waals surface area contributed by atoms with Crippen LogP contribution in [0.5, 0.6) is 0 Å². The highest BCUT2D eigenvalue weighted by Gasteiger charge is 2.33. The maximum absolute atomic E-state index is 12.8. The molecule has 0 saturated heterocycles. The van der Waals surface area contributed by atoms with Gasteiger partial charge in [0.2, 0.25) is 15.9 Å². The number of benzene rings is 1. The van der Waals surface area contributed by atoms with Crippen LogP contribution in [0.3, 0.4) is 0 Å². The largest absolute Gasteiger partial charge is 0.349 e. The predicted octanol–water partition coefficient (Wildman–Crippen LogP) is 2.12. The van der Waals surface area contributed by atoms with Crippen molar-refractivity contribution in [3.8, 4) is 6.07 Å². The molecular formula is C23H34N4O4S. The van der Waals surface area contributed by atoms with E-state index in [0.29, 0.717) is 37.3 Å². The van der Waals surface area contributed by atoms with Gasteiger partial charge in [0, 0.05) is 18.2 Å². The van der Waals surface area contributed by atoms with Crippen molar-refractivity contribution in [1.29, 1.82) is 5.26 Å². The quantitative estimate of drug-likeness (QED) is 0.491. The average molecular weight is 463 g/mol. The lowest BCUT2D eigenvalue weighted by molar-refractivity contribution is -0.127. The Labute approximate surface area is 191 Å². The highest BCUT2D eigenvalue weighted by molar-refractivity contribution is 7.88. The van der Waals surface area contributed by atoms with E-state index in [4.69, 9.17) is 0 Å². The smallest absolute Gasteiger partial charge is 0.251 e. The van der Waals surface area contributed by atoms with Gasteiger partial charge in [-0.1, -0.05) is 38.8 Å². The van der Waals surface area contributed by atoms with Crippen molar-refractivity contribution in [2.45, 2.75) is 64.5 Å². The Morgan fingerprint density at radius 3 is 2.41 bits per heavy atom. The van der Waals surface area contributed by atoms with Crippen LogP contribution in [0.15, 0.2) is 24.3 Å². The van der Waals surface area contributed by atoms with Crippen LogP contribution >= 0.6 is 0 Å². The van der Waals surface area contributed by atoms with Crippen LogP contribution in [-0.4, -0.2) is 45.1 Å². The van der Waals surface area contributed by atoms with Gasteiger partial charge in [0.25, 0.3) is 5.91 Å². The number of nitriles is 1. The molecule has 1 aromatic rings. The summed E-state index contributed by atoms with van der Waals surface area (Å²) in [6.07, 6.45) is 5.50. The number of carbonyl (C=O) groups is 2. The van der Waals surface area contributed by atoms with E-state index in [2.05, 4.69) is 21.4 Å². The zero-order valence-corrected chi connectivity index (χ0v) is 19.9. The van der Waals surface area contributed by atoms with E-state index in [-0.39, 0.29) is 23.8 Å². The summed E-state index contributed by atoms with van der Waals surface area (Å²) in [4.78, 5) is 25.6. The van der Waals surface area contributed by atoms with E-state index in [1.807, 2.05) is 13.8 Å². The third-order valence-electron chi connectivity index (χ3n) is 5.59. The zero-order valence-electron chi connectivity index (χ0n) is 19.1. The van der Waals surface area contributed by atoms with Gasteiger partial charge in [-0.3, -0.25) is 9.59 Å². The molecule has 0 radical (unpaired) electrons. The molecule has 1 fully saturated rings. The van der Waals surface area contributed by atoms with Crippen molar-refractivity contribution in [3.05, 3.63) is 35.4 Å². The summed E-state index contributed by atoms with van der Waals surface area (Å²) in [6.45, 7) is 4.31. The van der Waals surface area contributed by atoms with Gasteiger partial charge in [-0.2, -0.15) is 5.26 Å². The number of carbonyl (C=O) groups excluding carboxylic acids is 2. The summed E-state index contributed by atoms with van der Waals surface area (Å²) >= 11 is 0. The third kappa shape index (κ3) is 8.60. The second-order valence-electron chi connectivity index (χ2n) is 8.90. The fraction of sp³-hybridized carbons (Fsp3) is 0.609. The normalized spacial score (nSPS) is 19.7. The minimum Gasteiger partial charge on any atom is -0.349 e. The van der Waals surface area contributed by atoms with E-state index in [9.17, 15) is 23.3 Å². The van der Waals surface area contributed by atoms with Crippen LogP contribution < -0.4 is 15.4 Å². The van der Waals surface area contributed by atoms with Crippen molar-refractivity contribution in [1.82, 2.24) is 15.4 Å². The highest BCUT2D eigenvalue weighted by Crippen LogP contribution is 2.25. The van der Waals surface area contributed by atoms with Gasteiger partial charge in [0.1, 0.15) is 6.04 Å². The third-order valence-corrected chi connectivity index (χ3v) is 6.32. The highest BCUT2D eigenvalue weighted by atomic mass is 32.2. The van der Waals surface area contributed by atoms with Crippen LogP contribution in [0.4, 0.5) is 0 Å². The van der Waals surface area contributed by atoms with Crippen molar-refractivity contribution < 1.29 is 18.0 Å². The van der Waals surface area contributed by atoms with Crippen LogP contribution in [0, 0.1) is 23.2 Å².